The SMILES string of the molecule is CN(C)CCN1C(=O)c2ccccc2C(=O)N(Cc2ccccc2)c2ccccc21. The van der Waals surface area contributed by atoms with Crippen LogP contribution in [0.5, 0.6) is 0 Å². The van der Waals surface area contributed by atoms with E-state index in [0.717, 1.165) is 23.5 Å². The molecule has 1 aliphatic rings. The summed E-state index contributed by atoms with van der Waals surface area (Å²) in [6.07, 6.45) is 0. The van der Waals surface area contributed by atoms with Gasteiger partial charge in [-0.1, -0.05) is 54.6 Å². The van der Waals surface area contributed by atoms with Gasteiger partial charge in [-0.2, -0.15) is 0 Å². The van der Waals surface area contributed by atoms with E-state index in [0.29, 0.717) is 24.2 Å². The van der Waals surface area contributed by atoms with Crippen LogP contribution in [0.3, 0.4) is 0 Å². The maximum atomic E-state index is 13.6. The molecule has 0 bridgehead atoms. The summed E-state index contributed by atoms with van der Waals surface area (Å²) < 4.78 is 0. The molecule has 1 heterocycles. The lowest BCUT2D eigenvalue weighted by atomic mass is 10.0. The summed E-state index contributed by atoms with van der Waals surface area (Å²) in [4.78, 5) is 32.7. The van der Waals surface area contributed by atoms with E-state index in [1.165, 1.54) is 0 Å². The topological polar surface area (TPSA) is 43.9 Å². The number of likely N-dealkylation sites (N-methyl/N-ethyl adjacent to an activating group) is 1. The predicted octanol–water partition coefficient (Wildman–Crippen LogP) is 4.06. The molecule has 0 fully saturated rings. The first-order chi connectivity index (χ1) is 14.6. The van der Waals surface area contributed by atoms with E-state index in [1.54, 1.807) is 21.9 Å². The van der Waals surface area contributed by atoms with Gasteiger partial charge in [0, 0.05) is 13.1 Å². The van der Waals surface area contributed by atoms with Crippen LogP contribution in [0.2, 0.25) is 0 Å². The minimum absolute atomic E-state index is 0.146. The van der Waals surface area contributed by atoms with Crippen LogP contribution in [0.15, 0.2) is 78.9 Å². The molecule has 0 N–H and O–H groups in total. The number of hydrogen-bond donors (Lipinski definition) is 0. The summed E-state index contributed by atoms with van der Waals surface area (Å²) in [6, 6.07) is 24.7. The van der Waals surface area contributed by atoms with Crippen LogP contribution in [-0.4, -0.2) is 43.9 Å². The van der Waals surface area contributed by atoms with Crippen LogP contribution in [0.1, 0.15) is 26.3 Å². The van der Waals surface area contributed by atoms with Crippen molar-refractivity contribution in [3.63, 3.8) is 0 Å². The first-order valence-corrected chi connectivity index (χ1v) is 10.1. The number of para-hydroxylation sites is 2. The Bertz CT molecular complexity index is 1060. The monoisotopic (exact) mass is 399 g/mol. The minimum Gasteiger partial charge on any atom is -0.308 e. The summed E-state index contributed by atoms with van der Waals surface area (Å²) in [5.41, 5.74) is 3.40. The summed E-state index contributed by atoms with van der Waals surface area (Å²) in [6.45, 7) is 1.68. The van der Waals surface area contributed by atoms with Crippen molar-refractivity contribution in [2.75, 3.05) is 37.0 Å². The van der Waals surface area contributed by atoms with Crippen molar-refractivity contribution in [2.24, 2.45) is 0 Å². The van der Waals surface area contributed by atoms with Gasteiger partial charge in [0.25, 0.3) is 11.8 Å². The molecule has 0 saturated heterocycles. The number of carbonyl (C=O) groups excluding carboxylic acids is 2. The number of amides is 2. The third-order valence-electron chi connectivity index (χ3n) is 5.30. The van der Waals surface area contributed by atoms with E-state index in [9.17, 15) is 9.59 Å². The van der Waals surface area contributed by atoms with E-state index in [1.807, 2.05) is 85.7 Å². The molecule has 5 heteroatoms. The van der Waals surface area contributed by atoms with Crippen molar-refractivity contribution >= 4 is 23.2 Å². The average molecular weight is 399 g/mol. The van der Waals surface area contributed by atoms with Crippen LogP contribution < -0.4 is 9.80 Å². The fraction of sp³-hybridized carbons (Fsp3) is 0.200. The Kier molecular flexibility index (Phi) is 5.63. The summed E-state index contributed by atoms with van der Waals surface area (Å²) in [5.74, 6) is -0.310. The quantitative estimate of drug-likeness (QED) is 0.650. The van der Waals surface area contributed by atoms with E-state index >= 15 is 0 Å². The van der Waals surface area contributed by atoms with Gasteiger partial charge in [-0.3, -0.25) is 9.59 Å². The molecule has 30 heavy (non-hydrogen) atoms. The summed E-state index contributed by atoms with van der Waals surface area (Å²) in [5, 5.41) is 0. The Morgan fingerprint density at radius 2 is 1.17 bits per heavy atom. The number of fused-ring (bicyclic) bond motifs is 2. The third kappa shape index (κ3) is 3.84. The highest BCUT2D eigenvalue weighted by Crippen LogP contribution is 2.35. The van der Waals surface area contributed by atoms with Crippen LogP contribution in [0.4, 0.5) is 11.4 Å². The van der Waals surface area contributed by atoms with Gasteiger partial charge in [0.05, 0.1) is 29.0 Å². The summed E-state index contributed by atoms with van der Waals surface area (Å²) >= 11 is 0. The number of anilines is 2. The standard InChI is InChI=1S/C25H25N3O2/c1-26(2)16-17-27-22-14-8-9-15-23(22)28(18-19-10-4-3-5-11-19)25(30)21-13-7-6-12-20(21)24(27)29/h3-15H,16-18H2,1-2H3. The lowest BCUT2D eigenvalue weighted by molar-refractivity contribution is 0.0948. The van der Waals surface area contributed by atoms with E-state index in [2.05, 4.69) is 0 Å². The number of hydrogen-bond acceptors (Lipinski definition) is 3. The van der Waals surface area contributed by atoms with Crippen LogP contribution in [0.25, 0.3) is 0 Å². The molecule has 4 rings (SSSR count). The van der Waals surface area contributed by atoms with Gasteiger partial charge in [0.2, 0.25) is 0 Å². The smallest absolute Gasteiger partial charge is 0.259 e. The second kappa shape index (κ2) is 8.51. The largest absolute Gasteiger partial charge is 0.308 e. The fourth-order valence-electron chi connectivity index (χ4n) is 3.73. The number of benzene rings is 3. The van der Waals surface area contributed by atoms with E-state index < -0.39 is 0 Å². The molecule has 3 aromatic rings. The minimum atomic E-state index is -0.164. The molecule has 1 aliphatic heterocycles. The normalized spacial score (nSPS) is 13.7. The van der Waals surface area contributed by atoms with E-state index in [4.69, 9.17) is 0 Å². The molecule has 0 aliphatic carbocycles. The average Bonchev–Trinajstić information content (AvgIpc) is 2.77. The maximum absolute atomic E-state index is 13.6. The molecular formula is C25H25N3O2. The molecule has 0 saturated carbocycles. The van der Waals surface area contributed by atoms with Crippen molar-refractivity contribution in [3.05, 3.63) is 95.6 Å². The van der Waals surface area contributed by atoms with Crippen LogP contribution >= 0.6 is 0 Å². The van der Waals surface area contributed by atoms with Crippen molar-refractivity contribution in [1.82, 2.24) is 4.90 Å². The van der Waals surface area contributed by atoms with Gasteiger partial charge in [-0.05, 0) is 43.9 Å². The molecule has 0 radical (unpaired) electrons. The highest BCUT2D eigenvalue weighted by Gasteiger charge is 2.32. The van der Waals surface area contributed by atoms with Crippen LogP contribution in [0, 0.1) is 0 Å². The molecule has 0 spiro atoms. The Balaban J connectivity index is 1.88. The van der Waals surface area contributed by atoms with Gasteiger partial charge in [0.15, 0.2) is 0 Å². The van der Waals surface area contributed by atoms with Crippen molar-refractivity contribution in [3.8, 4) is 0 Å². The molecule has 3 aromatic carbocycles. The molecule has 0 aromatic heterocycles. The van der Waals surface area contributed by atoms with Gasteiger partial charge < -0.3 is 14.7 Å². The Morgan fingerprint density at radius 3 is 1.77 bits per heavy atom. The zero-order valence-electron chi connectivity index (χ0n) is 17.3. The second-order valence-corrected chi connectivity index (χ2v) is 7.67. The van der Waals surface area contributed by atoms with Gasteiger partial charge in [-0.15, -0.1) is 0 Å². The van der Waals surface area contributed by atoms with E-state index in [-0.39, 0.29) is 11.8 Å². The molecule has 152 valence electrons. The Morgan fingerprint density at radius 1 is 0.667 bits per heavy atom. The Hall–Kier alpha value is -3.44. The second-order valence-electron chi connectivity index (χ2n) is 7.67. The van der Waals surface area contributed by atoms with Crippen molar-refractivity contribution in [1.29, 1.82) is 0 Å². The molecule has 0 atom stereocenters. The zero-order valence-corrected chi connectivity index (χ0v) is 17.3. The molecule has 5 nitrogen and oxygen atoms in total. The first-order valence-electron chi connectivity index (χ1n) is 10.1. The fourth-order valence-corrected chi connectivity index (χ4v) is 3.73. The van der Waals surface area contributed by atoms with Crippen LogP contribution in [-0.2, 0) is 6.54 Å². The zero-order chi connectivity index (χ0) is 21.1. The molecule has 2 amide bonds. The lowest BCUT2D eigenvalue weighted by Gasteiger charge is -2.34. The van der Waals surface area contributed by atoms with Crippen molar-refractivity contribution in [2.45, 2.75) is 6.54 Å². The van der Waals surface area contributed by atoms with Gasteiger partial charge in [-0.25, -0.2) is 0 Å². The van der Waals surface area contributed by atoms with Gasteiger partial charge in [0.1, 0.15) is 0 Å². The first kappa shape index (κ1) is 19.9. The lowest BCUT2D eigenvalue weighted by Crippen LogP contribution is -2.42. The highest BCUT2D eigenvalue weighted by atomic mass is 16.2. The highest BCUT2D eigenvalue weighted by molar-refractivity contribution is 6.20. The maximum Gasteiger partial charge on any atom is 0.259 e. The Labute approximate surface area is 177 Å². The summed E-state index contributed by atoms with van der Waals surface area (Å²) in [7, 11) is 3.97. The third-order valence-corrected chi connectivity index (χ3v) is 5.30. The number of carbonyl (C=O) groups is 2. The van der Waals surface area contributed by atoms with Crippen molar-refractivity contribution < 1.29 is 9.59 Å². The predicted molar refractivity (Wildman–Crippen MR) is 120 cm³/mol. The number of nitrogens with zero attached hydrogens (tertiary/aromatic N) is 3. The number of rotatable bonds is 5. The molecular weight excluding hydrogens is 374 g/mol. The van der Waals surface area contributed by atoms with Gasteiger partial charge >= 0.3 is 0 Å². The molecule has 0 unspecified atom stereocenters.